The third-order valence-corrected chi connectivity index (χ3v) is 1.73. The molecule has 1 amide bonds. The Hall–Kier alpha value is -0.570. The van der Waals surface area contributed by atoms with Crippen molar-refractivity contribution in [2.24, 2.45) is 0 Å². The second-order valence-electron chi connectivity index (χ2n) is 3.28. The molecule has 0 heterocycles. The van der Waals surface area contributed by atoms with Gasteiger partial charge in [-0.3, -0.25) is 4.79 Å². The van der Waals surface area contributed by atoms with Gasteiger partial charge in [-0.25, -0.2) is 0 Å². The molecule has 0 aromatic carbocycles. The van der Waals surface area contributed by atoms with Crippen LogP contribution in [0.4, 0.5) is 0 Å². The van der Waals surface area contributed by atoms with Crippen LogP contribution in [0, 0.1) is 0 Å². The molecule has 0 rings (SSSR count). The quantitative estimate of drug-likeness (QED) is 0.667. The van der Waals surface area contributed by atoms with Gasteiger partial charge in [0.25, 0.3) is 0 Å². The highest BCUT2D eigenvalue weighted by Crippen LogP contribution is 1.88. The minimum atomic E-state index is 0.209. The summed E-state index contributed by atoms with van der Waals surface area (Å²) in [6.45, 7) is 7.75. The van der Waals surface area contributed by atoms with Crippen molar-refractivity contribution in [1.82, 2.24) is 10.2 Å². The molecule has 0 aliphatic heterocycles. The summed E-state index contributed by atoms with van der Waals surface area (Å²) in [5.41, 5.74) is 0. The Morgan fingerprint density at radius 2 is 2.08 bits per heavy atom. The van der Waals surface area contributed by atoms with Crippen molar-refractivity contribution in [2.45, 2.75) is 33.2 Å². The number of amides is 1. The van der Waals surface area contributed by atoms with Crippen LogP contribution in [0.25, 0.3) is 0 Å². The molecule has 0 aromatic rings. The minimum absolute atomic E-state index is 0.209. The number of carbonyl (C=O) groups excluding carboxylic acids is 1. The number of hydrogen-bond acceptors (Lipinski definition) is 2. The van der Waals surface area contributed by atoms with Crippen molar-refractivity contribution in [3.8, 4) is 0 Å². The van der Waals surface area contributed by atoms with Crippen molar-refractivity contribution in [3.05, 3.63) is 0 Å². The van der Waals surface area contributed by atoms with E-state index in [-0.39, 0.29) is 5.91 Å². The predicted octanol–water partition coefficient (Wildman–Crippen LogP) is 0.853. The van der Waals surface area contributed by atoms with Gasteiger partial charge < -0.3 is 10.2 Å². The first kappa shape index (κ1) is 11.4. The van der Waals surface area contributed by atoms with Gasteiger partial charge in [-0.1, -0.05) is 20.8 Å². The summed E-state index contributed by atoms with van der Waals surface area (Å²) in [6, 6.07) is 0.495. The molecule has 0 atom stereocenters. The summed E-state index contributed by atoms with van der Waals surface area (Å²) in [5, 5.41) is 3.26. The molecule has 72 valence electrons. The van der Waals surface area contributed by atoms with Crippen LogP contribution in [-0.4, -0.2) is 37.0 Å². The fourth-order valence-corrected chi connectivity index (χ4v) is 0.916. The van der Waals surface area contributed by atoms with Gasteiger partial charge in [0.2, 0.25) is 5.91 Å². The van der Waals surface area contributed by atoms with E-state index in [9.17, 15) is 4.79 Å². The van der Waals surface area contributed by atoms with E-state index < -0.39 is 0 Å². The second kappa shape index (κ2) is 6.00. The van der Waals surface area contributed by atoms with Gasteiger partial charge in [0.15, 0.2) is 0 Å². The molecule has 0 aliphatic rings. The maximum absolute atomic E-state index is 11.1. The van der Waals surface area contributed by atoms with Crippen molar-refractivity contribution in [1.29, 1.82) is 0 Å². The lowest BCUT2D eigenvalue weighted by atomic mass is 10.3. The van der Waals surface area contributed by atoms with Crippen LogP contribution in [0.5, 0.6) is 0 Å². The lowest BCUT2D eigenvalue weighted by Crippen LogP contribution is -2.35. The zero-order valence-corrected chi connectivity index (χ0v) is 8.55. The molecule has 0 saturated heterocycles. The molecular weight excluding hydrogens is 152 g/mol. The molecule has 3 heteroatoms. The number of nitrogens with one attached hydrogen (secondary N) is 1. The fourth-order valence-electron chi connectivity index (χ4n) is 0.916. The first-order valence-electron chi connectivity index (χ1n) is 4.55. The molecule has 12 heavy (non-hydrogen) atoms. The molecule has 0 spiro atoms. The smallest absolute Gasteiger partial charge is 0.222 e. The maximum Gasteiger partial charge on any atom is 0.222 e. The van der Waals surface area contributed by atoms with Gasteiger partial charge in [0, 0.05) is 32.6 Å². The summed E-state index contributed by atoms with van der Waals surface area (Å²) in [6.07, 6.45) is 0.595. The standard InChI is InChI=1S/C9H20N2O/c1-5-9(12)11(4)7-6-10-8(2)3/h8,10H,5-7H2,1-4H3. The molecule has 0 saturated carbocycles. The molecule has 0 radical (unpaired) electrons. The van der Waals surface area contributed by atoms with Gasteiger partial charge in [0.1, 0.15) is 0 Å². The second-order valence-corrected chi connectivity index (χ2v) is 3.28. The van der Waals surface area contributed by atoms with Crippen LogP contribution in [0.1, 0.15) is 27.2 Å². The SMILES string of the molecule is CCC(=O)N(C)CCNC(C)C. The van der Waals surface area contributed by atoms with Crippen LogP contribution in [0.3, 0.4) is 0 Å². The van der Waals surface area contributed by atoms with E-state index in [2.05, 4.69) is 19.2 Å². The van der Waals surface area contributed by atoms with Crippen molar-refractivity contribution in [3.63, 3.8) is 0 Å². The molecule has 1 N–H and O–H groups in total. The Labute approximate surface area is 75.1 Å². The third-order valence-electron chi connectivity index (χ3n) is 1.73. The van der Waals surface area contributed by atoms with E-state index >= 15 is 0 Å². The highest BCUT2D eigenvalue weighted by Gasteiger charge is 2.04. The van der Waals surface area contributed by atoms with Gasteiger partial charge in [-0.2, -0.15) is 0 Å². The largest absolute Gasteiger partial charge is 0.344 e. The highest BCUT2D eigenvalue weighted by atomic mass is 16.2. The summed E-state index contributed by atoms with van der Waals surface area (Å²) in [7, 11) is 1.84. The molecular formula is C9H20N2O. The fraction of sp³-hybridized carbons (Fsp3) is 0.889. The van der Waals surface area contributed by atoms with Crippen LogP contribution in [-0.2, 0) is 4.79 Å². The normalized spacial score (nSPS) is 10.4. The highest BCUT2D eigenvalue weighted by molar-refractivity contribution is 5.75. The zero-order chi connectivity index (χ0) is 9.56. The van der Waals surface area contributed by atoms with E-state index in [4.69, 9.17) is 0 Å². The number of hydrogen-bond donors (Lipinski definition) is 1. The van der Waals surface area contributed by atoms with Crippen LogP contribution in [0.2, 0.25) is 0 Å². The van der Waals surface area contributed by atoms with Crippen LogP contribution < -0.4 is 5.32 Å². The first-order valence-corrected chi connectivity index (χ1v) is 4.55. The lowest BCUT2D eigenvalue weighted by Gasteiger charge is -2.17. The third kappa shape index (κ3) is 5.13. The van der Waals surface area contributed by atoms with E-state index in [1.54, 1.807) is 4.90 Å². The van der Waals surface area contributed by atoms with Gasteiger partial charge in [0.05, 0.1) is 0 Å². The van der Waals surface area contributed by atoms with Gasteiger partial charge in [-0.05, 0) is 0 Å². The van der Waals surface area contributed by atoms with E-state index in [1.165, 1.54) is 0 Å². The summed E-state index contributed by atoms with van der Waals surface area (Å²) in [5.74, 6) is 0.209. The van der Waals surface area contributed by atoms with Crippen molar-refractivity contribution in [2.75, 3.05) is 20.1 Å². The maximum atomic E-state index is 11.1. The Bertz CT molecular complexity index is 134. The molecule has 0 aromatic heterocycles. The average molecular weight is 172 g/mol. The Balaban J connectivity index is 3.43. The zero-order valence-electron chi connectivity index (χ0n) is 8.55. The number of rotatable bonds is 5. The first-order chi connectivity index (χ1) is 5.57. The summed E-state index contributed by atoms with van der Waals surface area (Å²) >= 11 is 0. The molecule has 0 aliphatic carbocycles. The minimum Gasteiger partial charge on any atom is -0.344 e. The van der Waals surface area contributed by atoms with Crippen molar-refractivity contribution >= 4 is 5.91 Å². The predicted molar refractivity (Wildman–Crippen MR) is 51.1 cm³/mol. The monoisotopic (exact) mass is 172 g/mol. The molecule has 0 unspecified atom stereocenters. The molecule has 0 fully saturated rings. The summed E-state index contributed by atoms with van der Waals surface area (Å²) < 4.78 is 0. The Kier molecular flexibility index (Phi) is 5.72. The number of nitrogens with zero attached hydrogens (tertiary/aromatic N) is 1. The Morgan fingerprint density at radius 1 is 1.50 bits per heavy atom. The average Bonchev–Trinajstić information content (AvgIpc) is 2.02. The molecule has 0 bridgehead atoms. The molecule has 3 nitrogen and oxygen atoms in total. The van der Waals surface area contributed by atoms with E-state index in [0.29, 0.717) is 12.5 Å². The van der Waals surface area contributed by atoms with Gasteiger partial charge in [-0.15, -0.1) is 0 Å². The Morgan fingerprint density at radius 3 is 2.50 bits per heavy atom. The van der Waals surface area contributed by atoms with Crippen LogP contribution in [0.15, 0.2) is 0 Å². The van der Waals surface area contributed by atoms with Crippen LogP contribution >= 0.6 is 0 Å². The number of carbonyl (C=O) groups is 1. The number of likely N-dealkylation sites (N-methyl/N-ethyl adjacent to an activating group) is 1. The van der Waals surface area contributed by atoms with E-state index in [1.807, 2.05) is 14.0 Å². The summed E-state index contributed by atoms with van der Waals surface area (Å²) in [4.78, 5) is 12.8. The van der Waals surface area contributed by atoms with E-state index in [0.717, 1.165) is 13.1 Å². The topological polar surface area (TPSA) is 32.3 Å². The van der Waals surface area contributed by atoms with Crippen molar-refractivity contribution < 1.29 is 4.79 Å². The lowest BCUT2D eigenvalue weighted by molar-refractivity contribution is -0.129. The van der Waals surface area contributed by atoms with Gasteiger partial charge >= 0.3 is 0 Å².